The standard InChI is InChI=1S/C27H24ClNO6S/c1-3-7-19-14-25(30)34-23-16-24(22(28)15-21(19)23)35-27(31)26(18-8-5-4-6-9-18)29-36(32,33)20-12-10-17(2)11-13-20/h4-6,8-16,26,29H,3,7H2,1-2H3. The van der Waals surface area contributed by atoms with E-state index in [4.69, 9.17) is 20.8 Å². The van der Waals surface area contributed by atoms with Crippen molar-refractivity contribution in [3.63, 3.8) is 0 Å². The Morgan fingerprint density at radius 2 is 1.75 bits per heavy atom. The van der Waals surface area contributed by atoms with E-state index in [1.807, 2.05) is 13.8 Å². The summed E-state index contributed by atoms with van der Waals surface area (Å²) in [7, 11) is -4.07. The minimum atomic E-state index is -4.07. The first kappa shape index (κ1) is 25.6. The summed E-state index contributed by atoms with van der Waals surface area (Å²) in [5.41, 5.74) is 1.74. The van der Waals surface area contributed by atoms with Gasteiger partial charge in [0.1, 0.15) is 11.6 Å². The van der Waals surface area contributed by atoms with Crippen LogP contribution in [0, 0.1) is 6.92 Å². The Bertz CT molecular complexity index is 1560. The average Bonchev–Trinajstić information content (AvgIpc) is 2.84. The van der Waals surface area contributed by atoms with E-state index in [1.54, 1.807) is 48.5 Å². The number of carbonyl (C=O) groups is 1. The Morgan fingerprint density at radius 3 is 2.42 bits per heavy atom. The van der Waals surface area contributed by atoms with Crippen LogP contribution >= 0.6 is 11.6 Å². The summed E-state index contributed by atoms with van der Waals surface area (Å²) >= 11 is 6.42. The zero-order valence-electron chi connectivity index (χ0n) is 19.7. The molecule has 36 heavy (non-hydrogen) atoms. The molecule has 0 aliphatic carbocycles. The molecule has 186 valence electrons. The van der Waals surface area contributed by atoms with Crippen molar-refractivity contribution in [1.29, 1.82) is 0 Å². The zero-order chi connectivity index (χ0) is 25.9. The molecule has 0 amide bonds. The second kappa shape index (κ2) is 10.7. The predicted molar refractivity (Wildman–Crippen MR) is 138 cm³/mol. The van der Waals surface area contributed by atoms with Gasteiger partial charge in [0.2, 0.25) is 10.0 Å². The molecule has 0 fully saturated rings. The monoisotopic (exact) mass is 525 g/mol. The first-order chi connectivity index (χ1) is 17.2. The molecule has 1 atom stereocenters. The van der Waals surface area contributed by atoms with Crippen LogP contribution in [0.25, 0.3) is 11.0 Å². The van der Waals surface area contributed by atoms with Crippen molar-refractivity contribution in [2.75, 3.05) is 0 Å². The SMILES string of the molecule is CCCc1cc(=O)oc2cc(OC(=O)C(NS(=O)(=O)c3ccc(C)cc3)c3ccccc3)c(Cl)cc12. The van der Waals surface area contributed by atoms with Crippen molar-refractivity contribution >= 4 is 38.6 Å². The Hall–Kier alpha value is -3.46. The Morgan fingerprint density at radius 1 is 1.06 bits per heavy atom. The molecule has 0 aliphatic heterocycles. The Balaban J connectivity index is 1.70. The summed E-state index contributed by atoms with van der Waals surface area (Å²) in [6.45, 7) is 3.83. The number of hydrogen-bond donors (Lipinski definition) is 1. The van der Waals surface area contributed by atoms with Crippen molar-refractivity contribution in [2.45, 2.75) is 37.6 Å². The Labute approximate surface area is 213 Å². The van der Waals surface area contributed by atoms with E-state index < -0.39 is 27.7 Å². The van der Waals surface area contributed by atoms with Crippen LogP contribution in [-0.4, -0.2) is 14.4 Å². The van der Waals surface area contributed by atoms with Crippen molar-refractivity contribution < 1.29 is 22.4 Å². The maximum Gasteiger partial charge on any atom is 0.336 e. The summed E-state index contributed by atoms with van der Waals surface area (Å²) in [6, 6.07) is 17.6. The molecular weight excluding hydrogens is 502 g/mol. The van der Waals surface area contributed by atoms with E-state index in [9.17, 15) is 18.0 Å². The van der Waals surface area contributed by atoms with Gasteiger partial charge in [0.15, 0.2) is 5.75 Å². The van der Waals surface area contributed by atoms with Crippen molar-refractivity contribution in [2.24, 2.45) is 0 Å². The quantitative estimate of drug-likeness (QED) is 0.189. The van der Waals surface area contributed by atoms with E-state index in [-0.39, 0.29) is 21.3 Å². The van der Waals surface area contributed by atoms with Crippen molar-refractivity contribution in [1.82, 2.24) is 4.72 Å². The van der Waals surface area contributed by atoms with Gasteiger partial charge in [0.25, 0.3) is 0 Å². The summed E-state index contributed by atoms with van der Waals surface area (Å²) in [6.07, 6.45) is 1.46. The van der Waals surface area contributed by atoms with Crippen LogP contribution in [0.1, 0.15) is 36.1 Å². The third-order valence-electron chi connectivity index (χ3n) is 5.59. The molecule has 0 aliphatic rings. The van der Waals surface area contributed by atoms with Crippen LogP contribution in [-0.2, 0) is 21.2 Å². The summed E-state index contributed by atoms with van der Waals surface area (Å²) in [5, 5.41) is 0.760. The van der Waals surface area contributed by atoms with E-state index >= 15 is 0 Å². The van der Waals surface area contributed by atoms with Gasteiger partial charge in [0, 0.05) is 17.5 Å². The molecule has 4 aromatic rings. The van der Waals surface area contributed by atoms with E-state index in [0.717, 1.165) is 17.5 Å². The summed E-state index contributed by atoms with van der Waals surface area (Å²) < 4.78 is 39.4. The highest BCUT2D eigenvalue weighted by Crippen LogP contribution is 2.33. The molecule has 0 spiro atoms. The number of hydrogen-bond acceptors (Lipinski definition) is 6. The number of nitrogens with one attached hydrogen (secondary N) is 1. The van der Waals surface area contributed by atoms with Crippen molar-refractivity contribution in [3.8, 4) is 5.75 Å². The number of aryl methyl sites for hydroxylation is 2. The lowest BCUT2D eigenvalue weighted by molar-refractivity contribution is -0.136. The first-order valence-electron chi connectivity index (χ1n) is 11.3. The molecular formula is C27H24ClNO6S. The molecule has 0 saturated heterocycles. The smallest absolute Gasteiger partial charge is 0.336 e. The van der Waals surface area contributed by atoms with Crippen LogP contribution in [0.2, 0.25) is 5.02 Å². The lowest BCUT2D eigenvalue weighted by atomic mass is 10.1. The molecule has 1 N–H and O–H groups in total. The second-order valence-corrected chi connectivity index (χ2v) is 10.4. The van der Waals surface area contributed by atoms with Crippen LogP contribution in [0.4, 0.5) is 0 Å². The molecule has 7 nitrogen and oxygen atoms in total. The fourth-order valence-electron chi connectivity index (χ4n) is 3.79. The highest BCUT2D eigenvalue weighted by Gasteiger charge is 2.29. The highest BCUT2D eigenvalue weighted by atomic mass is 35.5. The number of esters is 1. The number of sulfonamides is 1. The van der Waals surface area contributed by atoms with Crippen LogP contribution in [0.5, 0.6) is 5.75 Å². The largest absolute Gasteiger partial charge is 0.423 e. The second-order valence-electron chi connectivity index (χ2n) is 8.32. The fraction of sp³-hybridized carbons (Fsp3) is 0.185. The van der Waals surface area contributed by atoms with E-state index in [2.05, 4.69) is 4.72 Å². The van der Waals surface area contributed by atoms with Gasteiger partial charge in [-0.05, 0) is 42.7 Å². The first-order valence-corrected chi connectivity index (χ1v) is 13.2. The number of ether oxygens (including phenoxy) is 1. The maximum absolute atomic E-state index is 13.3. The molecule has 1 unspecified atom stereocenters. The Kier molecular flexibility index (Phi) is 7.59. The van der Waals surface area contributed by atoms with Crippen LogP contribution in [0.15, 0.2) is 86.9 Å². The van der Waals surface area contributed by atoms with Gasteiger partial charge in [-0.25, -0.2) is 18.0 Å². The van der Waals surface area contributed by atoms with Gasteiger partial charge in [-0.1, -0.05) is 73.0 Å². The molecule has 0 radical (unpaired) electrons. The van der Waals surface area contributed by atoms with Crippen LogP contribution in [0.3, 0.4) is 0 Å². The minimum absolute atomic E-state index is 0.01000. The van der Waals surface area contributed by atoms with Crippen molar-refractivity contribution in [3.05, 3.63) is 105 Å². The third-order valence-corrected chi connectivity index (χ3v) is 7.32. The number of fused-ring (bicyclic) bond motifs is 1. The lowest BCUT2D eigenvalue weighted by Gasteiger charge is -2.19. The molecule has 3 aromatic carbocycles. The van der Waals surface area contributed by atoms with Gasteiger partial charge >= 0.3 is 11.6 Å². The summed E-state index contributed by atoms with van der Waals surface area (Å²) in [4.78, 5) is 25.3. The highest BCUT2D eigenvalue weighted by molar-refractivity contribution is 7.89. The van der Waals surface area contributed by atoms with E-state index in [0.29, 0.717) is 17.4 Å². The topological polar surface area (TPSA) is 103 Å². The lowest BCUT2D eigenvalue weighted by Crippen LogP contribution is -2.36. The molecule has 9 heteroatoms. The zero-order valence-corrected chi connectivity index (χ0v) is 21.2. The molecule has 1 aromatic heterocycles. The van der Waals surface area contributed by atoms with Gasteiger partial charge in [-0.2, -0.15) is 4.72 Å². The van der Waals surface area contributed by atoms with Gasteiger partial charge in [0.05, 0.1) is 9.92 Å². The van der Waals surface area contributed by atoms with Gasteiger partial charge in [-0.15, -0.1) is 0 Å². The number of halogens is 1. The molecule has 1 heterocycles. The molecule has 0 saturated carbocycles. The normalized spacial score (nSPS) is 12.4. The van der Waals surface area contributed by atoms with Crippen LogP contribution < -0.4 is 15.1 Å². The number of benzene rings is 3. The molecule has 4 rings (SSSR count). The molecule has 0 bridgehead atoms. The minimum Gasteiger partial charge on any atom is -0.423 e. The fourth-order valence-corrected chi connectivity index (χ4v) is 5.16. The number of carbonyl (C=O) groups excluding carboxylic acids is 1. The predicted octanol–water partition coefficient (Wildman–Crippen LogP) is 5.33. The number of rotatable bonds is 8. The van der Waals surface area contributed by atoms with Gasteiger partial charge in [-0.3, -0.25) is 0 Å². The average molecular weight is 526 g/mol. The maximum atomic E-state index is 13.3. The summed E-state index contributed by atoms with van der Waals surface area (Å²) in [5.74, 6) is -0.952. The third kappa shape index (κ3) is 5.67. The van der Waals surface area contributed by atoms with Gasteiger partial charge < -0.3 is 9.15 Å². The van der Waals surface area contributed by atoms with E-state index in [1.165, 1.54) is 24.3 Å².